The standard InChI is InChI=1S/C12H17F2NO/c1-3-11(8-16-2)15-7-9-6-10(13)4-5-12(9)14/h4-6,11,15H,3,7-8H2,1-2H3. The molecule has 1 aromatic rings. The molecule has 2 nitrogen and oxygen atoms in total. The van der Waals surface area contributed by atoms with Gasteiger partial charge in [0, 0.05) is 25.3 Å². The molecule has 0 spiro atoms. The second kappa shape index (κ2) is 6.55. The van der Waals surface area contributed by atoms with Gasteiger partial charge >= 0.3 is 0 Å². The Morgan fingerprint density at radius 1 is 1.38 bits per heavy atom. The zero-order chi connectivity index (χ0) is 12.0. The van der Waals surface area contributed by atoms with Crippen LogP contribution in [0.2, 0.25) is 0 Å². The molecule has 0 bridgehead atoms. The SMILES string of the molecule is CCC(COC)NCc1cc(F)ccc1F. The minimum atomic E-state index is -0.419. The van der Waals surface area contributed by atoms with Crippen LogP contribution < -0.4 is 5.32 Å². The third-order valence-electron chi connectivity index (χ3n) is 2.45. The van der Waals surface area contributed by atoms with Crippen LogP contribution in [0.25, 0.3) is 0 Å². The van der Waals surface area contributed by atoms with E-state index in [1.165, 1.54) is 6.07 Å². The van der Waals surface area contributed by atoms with Crippen LogP contribution in [-0.2, 0) is 11.3 Å². The zero-order valence-electron chi connectivity index (χ0n) is 9.59. The smallest absolute Gasteiger partial charge is 0.127 e. The number of nitrogens with one attached hydrogen (secondary N) is 1. The molecule has 0 fully saturated rings. The topological polar surface area (TPSA) is 21.3 Å². The number of methoxy groups -OCH3 is 1. The number of halogens is 2. The molecule has 90 valence electrons. The van der Waals surface area contributed by atoms with E-state index < -0.39 is 5.82 Å². The van der Waals surface area contributed by atoms with Gasteiger partial charge in [0.2, 0.25) is 0 Å². The quantitative estimate of drug-likeness (QED) is 0.809. The molecular weight excluding hydrogens is 212 g/mol. The van der Waals surface area contributed by atoms with Gasteiger partial charge in [0.15, 0.2) is 0 Å². The van der Waals surface area contributed by atoms with Crippen molar-refractivity contribution < 1.29 is 13.5 Å². The first kappa shape index (κ1) is 13.1. The fraction of sp³-hybridized carbons (Fsp3) is 0.500. The highest BCUT2D eigenvalue weighted by atomic mass is 19.1. The minimum absolute atomic E-state index is 0.160. The average Bonchev–Trinajstić information content (AvgIpc) is 2.28. The zero-order valence-corrected chi connectivity index (χ0v) is 9.59. The van der Waals surface area contributed by atoms with Crippen LogP contribution in [0.1, 0.15) is 18.9 Å². The Morgan fingerprint density at radius 3 is 2.75 bits per heavy atom. The van der Waals surface area contributed by atoms with Crippen LogP contribution in [0.4, 0.5) is 8.78 Å². The molecule has 0 saturated heterocycles. The van der Waals surface area contributed by atoms with E-state index in [0.717, 1.165) is 18.6 Å². The summed E-state index contributed by atoms with van der Waals surface area (Å²) in [4.78, 5) is 0. The molecule has 0 aliphatic heterocycles. The first-order chi connectivity index (χ1) is 7.67. The molecule has 0 amide bonds. The van der Waals surface area contributed by atoms with Gasteiger partial charge in [0.1, 0.15) is 11.6 Å². The van der Waals surface area contributed by atoms with Crippen molar-refractivity contribution in [3.63, 3.8) is 0 Å². The van der Waals surface area contributed by atoms with E-state index in [0.29, 0.717) is 18.7 Å². The molecule has 0 saturated carbocycles. The molecule has 0 aliphatic carbocycles. The van der Waals surface area contributed by atoms with Crippen molar-refractivity contribution in [1.82, 2.24) is 5.32 Å². The second-order valence-electron chi connectivity index (χ2n) is 3.68. The predicted molar refractivity (Wildman–Crippen MR) is 59.2 cm³/mol. The maximum atomic E-state index is 13.3. The summed E-state index contributed by atoms with van der Waals surface area (Å²) < 4.78 is 31.2. The van der Waals surface area contributed by atoms with Gasteiger partial charge in [-0.3, -0.25) is 0 Å². The molecule has 4 heteroatoms. The van der Waals surface area contributed by atoms with Crippen molar-refractivity contribution in [2.75, 3.05) is 13.7 Å². The van der Waals surface area contributed by atoms with Crippen LogP contribution in [0.15, 0.2) is 18.2 Å². The Bertz CT molecular complexity index is 331. The number of hydrogen-bond donors (Lipinski definition) is 1. The van der Waals surface area contributed by atoms with Gasteiger partial charge in [-0.05, 0) is 24.6 Å². The number of benzene rings is 1. The first-order valence-electron chi connectivity index (χ1n) is 5.33. The van der Waals surface area contributed by atoms with Gasteiger partial charge in [0.05, 0.1) is 6.61 Å². The fourth-order valence-corrected chi connectivity index (χ4v) is 1.46. The van der Waals surface area contributed by atoms with E-state index in [1.54, 1.807) is 7.11 Å². The van der Waals surface area contributed by atoms with Gasteiger partial charge in [-0.2, -0.15) is 0 Å². The van der Waals surface area contributed by atoms with Crippen molar-refractivity contribution >= 4 is 0 Å². The van der Waals surface area contributed by atoms with Crippen molar-refractivity contribution in [3.8, 4) is 0 Å². The lowest BCUT2D eigenvalue weighted by atomic mass is 10.1. The number of rotatable bonds is 6. The molecule has 1 aromatic carbocycles. The van der Waals surface area contributed by atoms with Crippen LogP contribution in [0.3, 0.4) is 0 Å². The highest BCUT2D eigenvalue weighted by molar-refractivity contribution is 5.18. The summed E-state index contributed by atoms with van der Waals surface area (Å²) in [6.07, 6.45) is 0.880. The lowest BCUT2D eigenvalue weighted by Gasteiger charge is -2.16. The third kappa shape index (κ3) is 3.87. The van der Waals surface area contributed by atoms with Crippen molar-refractivity contribution in [3.05, 3.63) is 35.4 Å². The largest absolute Gasteiger partial charge is 0.383 e. The normalized spacial score (nSPS) is 12.8. The Balaban J connectivity index is 2.55. The van der Waals surface area contributed by atoms with Crippen molar-refractivity contribution in [2.24, 2.45) is 0 Å². The van der Waals surface area contributed by atoms with E-state index in [2.05, 4.69) is 5.32 Å². The summed E-state index contributed by atoms with van der Waals surface area (Å²) >= 11 is 0. The maximum Gasteiger partial charge on any atom is 0.127 e. The van der Waals surface area contributed by atoms with E-state index in [4.69, 9.17) is 4.74 Å². The monoisotopic (exact) mass is 229 g/mol. The molecule has 1 N–H and O–H groups in total. The van der Waals surface area contributed by atoms with Crippen LogP contribution in [0, 0.1) is 11.6 Å². The highest BCUT2D eigenvalue weighted by Crippen LogP contribution is 2.09. The van der Waals surface area contributed by atoms with Gasteiger partial charge in [-0.15, -0.1) is 0 Å². The van der Waals surface area contributed by atoms with E-state index in [9.17, 15) is 8.78 Å². The second-order valence-corrected chi connectivity index (χ2v) is 3.68. The molecule has 0 radical (unpaired) electrons. The fourth-order valence-electron chi connectivity index (χ4n) is 1.46. The van der Waals surface area contributed by atoms with Crippen LogP contribution >= 0.6 is 0 Å². The lowest BCUT2D eigenvalue weighted by Crippen LogP contribution is -2.32. The van der Waals surface area contributed by atoms with Crippen molar-refractivity contribution in [1.29, 1.82) is 0 Å². The van der Waals surface area contributed by atoms with Crippen LogP contribution in [0.5, 0.6) is 0 Å². The molecule has 0 aliphatic rings. The third-order valence-corrected chi connectivity index (χ3v) is 2.45. The summed E-state index contributed by atoms with van der Waals surface area (Å²) in [5.74, 6) is -0.806. The van der Waals surface area contributed by atoms with Gasteiger partial charge in [0.25, 0.3) is 0 Å². The minimum Gasteiger partial charge on any atom is -0.383 e. The first-order valence-corrected chi connectivity index (χ1v) is 5.33. The maximum absolute atomic E-state index is 13.3. The Hall–Kier alpha value is -1.00. The summed E-state index contributed by atoms with van der Waals surface area (Å²) in [7, 11) is 1.62. The Morgan fingerprint density at radius 2 is 2.12 bits per heavy atom. The van der Waals surface area contributed by atoms with Gasteiger partial charge < -0.3 is 10.1 Å². The average molecular weight is 229 g/mol. The summed E-state index contributed by atoms with van der Waals surface area (Å²) in [5.41, 5.74) is 0.342. The molecule has 0 heterocycles. The number of hydrogen-bond acceptors (Lipinski definition) is 2. The summed E-state index contributed by atoms with van der Waals surface area (Å²) in [6, 6.07) is 3.63. The van der Waals surface area contributed by atoms with E-state index >= 15 is 0 Å². The van der Waals surface area contributed by atoms with E-state index in [1.807, 2.05) is 6.92 Å². The lowest BCUT2D eigenvalue weighted by molar-refractivity contribution is 0.163. The highest BCUT2D eigenvalue weighted by Gasteiger charge is 2.08. The van der Waals surface area contributed by atoms with Gasteiger partial charge in [-0.1, -0.05) is 6.92 Å². The predicted octanol–water partition coefficient (Wildman–Crippen LogP) is 2.48. The summed E-state index contributed by atoms with van der Waals surface area (Å²) in [6.45, 7) is 2.89. The van der Waals surface area contributed by atoms with Gasteiger partial charge in [-0.25, -0.2) is 8.78 Å². The molecule has 1 atom stereocenters. The molecular formula is C12H17F2NO. The molecule has 1 unspecified atom stereocenters. The van der Waals surface area contributed by atoms with Crippen LogP contribution in [-0.4, -0.2) is 19.8 Å². The Labute approximate surface area is 94.6 Å². The van der Waals surface area contributed by atoms with Crippen molar-refractivity contribution in [2.45, 2.75) is 25.9 Å². The molecule has 0 aromatic heterocycles. The van der Waals surface area contributed by atoms with E-state index in [-0.39, 0.29) is 11.9 Å². The molecule has 1 rings (SSSR count). The Kier molecular flexibility index (Phi) is 5.35. The number of ether oxygens (including phenoxy) is 1. The summed E-state index contributed by atoms with van der Waals surface area (Å²) in [5, 5.41) is 3.12. The molecule has 16 heavy (non-hydrogen) atoms.